The molecule has 88 valence electrons. The van der Waals surface area contributed by atoms with Crippen molar-refractivity contribution < 1.29 is 4.74 Å². The molecule has 2 heteroatoms. The summed E-state index contributed by atoms with van der Waals surface area (Å²) in [5.41, 5.74) is 1.27. The molecule has 0 radical (unpaired) electrons. The Morgan fingerprint density at radius 2 is 1.81 bits per heavy atom. The molecule has 0 saturated carbocycles. The second-order valence-electron chi connectivity index (χ2n) is 4.87. The van der Waals surface area contributed by atoms with Gasteiger partial charge in [-0.3, -0.25) is 0 Å². The molecular formula is C14H21NO. The van der Waals surface area contributed by atoms with E-state index in [2.05, 4.69) is 50.4 Å². The van der Waals surface area contributed by atoms with Crippen LogP contribution in [0.25, 0.3) is 0 Å². The largest absolute Gasteiger partial charge is 0.369 e. The Morgan fingerprint density at radius 1 is 1.12 bits per heavy atom. The maximum atomic E-state index is 6.12. The highest BCUT2D eigenvalue weighted by Crippen LogP contribution is 2.27. The molecule has 0 bridgehead atoms. The molecule has 1 N–H and O–H groups in total. The van der Waals surface area contributed by atoms with Gasteiger partial charge in [0.2, 0.25) is 0 Å². The van der Waals surface area contributed by atoms with Crippen LogP contribution < -0.4 is 5.32 Å². The van der Waals surface area contributed by atoms with E-state index in [0.717, 1.165) is 6.42 Å². The standard InChI is InChI=1S/C14H21NO/c1-10-9-11(2)16-14(12(3)15-10)13-7-5-4-6-8-13/h4-8,10-12,14-15H,9H2,1-3H3. The zero-order valence-corrected chi connectivity index (χ0v) is 10.3. The quantitative estimate of drug-likeness (QED) is 0.784. The van der Waals surface area contributed by atoms with E-state index in [1.54, 1.807) is 0 Å². The van der Waals surface area contributed by atoms with Gasteiger partial charge in [0, 0.05) is 12.1 Å². The summed E-state index contributed by atoms with van der Waals surface area (Å²) in [4.78, 5) is 0. The SMILES string of the molecule is CC1CC(C)OC(c2ccccc2)C(C)N1. The molecule has 0 aromatic heterocycles. The van der Waals surface area contributed by atoms with Crippen LogP contribution in [0.3, 0.4) is 0 Å². The minimum absolute atomic E-state index is 0.168. The van der Waals surface area contributed by atoms with Gasteiger partial charge in [-0.1, -0.05) is 30.3 Å². The van der Waals surface area contributed by atoms with Crippen molar-refractivity contribution in [2.75, 3.05) is 0 Å². The van der Waals surface area contributed by atoms with Crippen LogP contribution in [0, 0.1) is 0 Å². The summed E-state index contributed by atoms with van der Waals surface area (Å²) in [6, 6.07) is 11.4. The topological polar surface area (TPSA) is 21.3 Å². The predicted octanol–water partition coefficient (Wildman–Crippen LogP) is 2.90. The van der Waals surface area contributed by atoms with Crippen LogP contribution in [-0.4, -0.2) is 18.2 Å². The first-order chi connectivity index (χ1) is 7.66. The molecule has 16 heavy (non-hydrogen) atoms. The Morgan fingerprint density at radius 3 is 2.50 bits per heavy atom. The Bertz CT molecular complexity index is 325. The first-order valence-electron chi connectivity index (χ1n) is 6.13. The van der Waals surface area contributed by atoms with Crippen molar-refractivity contribution in [3.8, 4) is 0 Å². The summed E-state index contributed by atoms with van der Waals surface area (Å²) in [7, 11) is 0. The lowest BCUT2D eigenvalue weighted by molar-refractivity contribution is -0.00781. The van der Waals surface area contributed by atoms with Gasteiger partial charge in [0.25, 0.3) is 0 Å². The molecule has 0 spiro atoms. The Kier molecular flexibility index (Phi) is 3.62. The molecule has 0 amide bonds. The Balaban J connectivity index is 2.19. The second kappa shape index (κ2) is 4.98. The van der Waals surface area contributed by atoms with E-state index in [-0.39, 0.29) is 6.10 Å². The van der Waals surface area contributed by atoms with Crippen LogP contribution in [0.1, 0.15) is 38.9 Å². The van der Waals surface area contributed by atoms with Gasteiger partial charge in [0.05, 0.1) is 12.2 Å². The molecule has 1 aromatic rings. The normalized spacial score (nSPS) is 35.7. The molecule has 4 atom stereocenters. The number of benzene rings is 1. The van der Waals surface area contributed by atoms with Crippen LogP contribution in [0.5, 0.6) is 0 Å². The minimum Gasteiger partial charge on any atom is -0.369 e. The van der Waals surface area contributed by atoms with Crippen LogP contribution in [-0.2, 0) is 4.74 Å². The summed E-state index contributed by atoms with van der Waals surface area (Å²) >= 11 is 0. The number of ether oxygens (including phenoxy) is 1. The van der Waals surface area contributed by atoms with E-state index in [0.29, 0.717) is 18.2 Å². The van der Waals surface area contributed by atoms with Crippen molar-refractivity contribution in [2.45, 2.75) is 51.5 Å². The first-order valence-corrected chi connectivity index (χ1v) is 6.13. The van der Waals surface area contributed by atoms with Crippen LogP contribution in [0.15, 0.2) is 30.3 Å². The first kappa shape index (κ1) is 11.6. The van der Waals surface area contributed by atoms with Gasteiger partial charge >= 0.3 is 0 Å². The molecular weight excluding hydrogens is 198 g/mol. The summed E-state index contributed by atoms with van der Waals surface area (Å²) in [6.07, 6.45) is 1.56. The molecule has 2 nitrogen and oxygen atoms in total. The molecule has 1 saturated heterocycles. The fourth-order valence-corrected chi connectivity index (χ4v) is 2.54. The summed E-state index contributed by atoms with van der Waals surface area (Å²) in [6.45, 7) is 6.59. The van der Waals surface area contributed by atoms with Gasteiger partial charge in [0.15, 0.2) is 0 Å². The number of hydrogen-bond donors (Lipinski definition) is 1. The monoisotopic (exact) mass is 219 g/mol. The Hall–Kier alpha value is -0.860. The number of nitrogens with one attached hydrogen (secondary N) is 1. The van der Waals surface area contributed by atoms with Gasteiger partial charge in [-0.25, -0.2) is 0 Å². The summed E-state index contributed by atoms with van der Waals surface area (Å²) in [5, 5.41) is 3.60. The van der Waals surface area contributed by atoms with Gasteiger partial charge < -0.3 is 10.1 Å². The number of rotatable bonds is 1. The van der Waals surface area contributed by atoms with Crippen molar-refractivity contribution >= 4 is 0 Å². The van der Waals surface area contributed by atoms with E-state index in [4.69, 9.17) is 4.74 Å². The van der Waals surface area contributed by atoms with E-state index in [9.17, 15) is 0 Å². The third-order valence-corrected chi connectivity index (χ3v) is 3.19. The van der Waals surface area contributed by atoms with Crippen molar-refractivity contribution in [1.82, 2.24) is 5.32 Å². The second-order valence-corrected chi connectivity index (χ2v) is 4.87. The summed E-state index contributed by atoms with van der Waals surface area (Å²) in [5.74, 6) is 0. The summed E-state index contributed by atoms with van der Waals surface area (Å²) < 4.78 is 6.12. The maximum Gasteiger partial charge on any atom is 0.0978 e. The van der Waals surface area contributed by atoms with Crippen molar-refractivity contribution in [1.29, 1.82) is 0 Å². The highest BCUT2D eigenvalue weighted by molar-refractivity contribution is 5.19. The molecule has 4 unspecified atom stereocenters. The molecule has 1 aromatic carbocycles. The van der Waals surface area contributed by atoms with Crippen LogP contribution >= 0.6 is 0 Å². The molecule has 1 aliphatic rings. The van der Waals surface area contributed by atoms with Crippen molar-refractivity contribution in [3.63, 3.8) is 0 Å². The van der Waals surface area contributed by atoms with E-state index in [1.807, 2.05) is 6.07 Å². The molecule has 2 rings (SSSR count). The van der Waals surface area contributed by atoms with Crippen LogP contribution in [0.2, 0.25) is 0 Å². The van der Waals surface area contributed by atoms with Crippen molar-refractivity contribution in [2.24, 2.45) is 0 Å². The average molecular weight is 219 g/mol. The van der Waals surface area contributed by atoms with Crippen LogP contribution in [0.4, 0.5) is 0 Å². The van der Waals surface area contributed by atoms with Gasteiger partial charge in [-0.05, 0) is 32.8 Å². The third kappa shape index (κ3) is 2.63. The number of hydrogen-bond acceptors (Lipinski definition) is 2. The van der Waals surface area contributed by atoms with E-state index >= 15 is 0 Å². The molecule has 1 fully saturated rings. The molecule has 1 heterocycles. The zero-order chi connectivity index (χ0) is 11.5. The highest BCUT2D eigenvalue weighted by Gasteiger charge is 2.27. The Labute approximate surface area is 98.0 Å². The molecule has 1 aliphatic heterocycles. The van der Waals surface area contributed by atoms with Gasteiger partial charge in [-0.15, -0.1) is 0 Å². The fourth-order valence-electron chi connectivity index (χ4n) is 2.54. The van der Waals surface area contributed by atoms with E-state index < -0.39 is 0 Å². The minimum atomic E-state index is 0.168. The lowest BCUT2D eigenvalue weighted by Gasteiger charge is -2.24. The van der Waals surface area contributed by atoms with E-state index in [1.165, 1.54) is 5.56 Å². The van der Waals surface area contributed by atoms with Gasteiger partial charge in [-0.2, -0.15) is 0 Å². The van der Waals surface area contributed by atoms with Crippen molar-refractivity contribution in [3.05, 3.63) is 35.9 Å². The smallest absolute Gasteiger partial charge is 0.0978 e. The zero-order valence-electron chi connectivity index (χ0n) is 10.3. The fraction of sp³-hybridized carbons (Fsp3) is 0.571. The predicted molar refractivity (Wildman–Crippen MR) is 66.4 cm³/mol. The lowest BCUT2D eigenvalue weighted by Crippen LogP contribution is -2.36. The third-order valence-electron chi connectivity index (χ3n) is 3.19. The molecule has 0 aliphatic carbocycles. The average Bonchev–Trinajstić information content (AvgIpc) is 2.38. The van der Waals surface area contributed by atoms with Gasteiger partial charge in [0.1, 0.15) is 0 Å². The maximum absolute atomic E-state index is 6.12. The highest BCUT2D eigenvalue weighted by atomic mass is 16.5. The lowest BCUT2D eigenvalue weighted by atomic mass is 10.0.